The lowest BCUT2D eigenvalue weighted by atomic mass is 10.1. The van der Waals surface area contributed by atoms with Gasteiger partial charge in [-0.1, -0.05) is 6.08 Å². The van der Waals surface area contributed by atoms with E-state index < -0.39 is 0 Å². The van der Waals surface area contributed by atoms with Crippen molar-refractivity contribution in [2.45, 2.75) is 6.42 Å². The quantitative estimate of drug-likeness (QED) is 0.643. The maximum atomic E-state index is 11.0. The molecule has 13 heavy (non-hydrogen) atoms. The number of likely N-dealkylation sites (N-methyl/N-ethyl adjacent to an activating group) is 1. The number of nitrogens with zero attached hydrogens (tertiary/aromatic N) is 2. The molecule has 1 aliphatic rings. The number of nitrogens with one attached hydrogen (secondary N) is 1. The van der Waals surface area contributed by atoms with E-state index in [0.29, 0.717) is 13.1 Å². The van der Waals surface area contributed by atoms with E-state index in [9.17, 15) is 4.79 Å². The molecule has 0 aromatic carbocycles. The third kappa shape index (κ3) is 2.88. The van der Waals surface area contributed by atoms with Gasteiger partial charge < -0.3 is 5.32 Å². The highest BCUT2D eigenvalue weighted by atomic mass is 16.1. The molecule has 1 heterocycles. The molecule has 0 atom stereocenters. The second-order valence-electron chi connectivity index (χ2n) is 3.00. The maximum Gasteiger partial charge on any atom is 0.233 e. The van der Waals surface area contributed by atoms with Crippen molar-refractivity contribution in [1.29, 1.82) is 5.26 Å². The molecule has 0 fully saturated rings. The lowest BCUT2D eigenvalue weighted by Gasteiger charge is -2.23. The second kappa shape index (κ2) is 4.63. The Morgan fingerprint density at radius 3 is 3.08 bits per heavy atom. The zero-order valence-corrected chi connectivity index (χ0v) is 7.71. The molecule has 70 valence electrons. The number of carbonyl (C=O) groups is 1. The standard InChI is InChI=1S/C9H13N3O/c1-11-9(13)7-12-4-2-8(6-10)3-5-12/h2H,3-5,7H2,1H3,(H,11,13). The topological polar surface area (TPSA) is 56.1 Å². The summed E-state index contributed by atoms with van der Waals surface area (Å²) in [5.74, 6) is 0.0220. The van der Waals surface area contributed by atoms with E-state index in [-0.39, 0.29) is 5.91 Å². The summed E-state index contributed by atoms with van der Waals surface area (Å²) in [5.41, 5.74) is 0.827. The van der Waals surface area contributed by atoms with Gasteiger partial charge in [0.25, 0.3) is 0 Å². The molecule has 0 radical (unpaired) electrons. The van der Waals surface area contributed by atoms with Crippen LogP contribution in [0.1, 0.15) is 6.42 Å². The van der Waals surface area contributed by atoms with Gasteiger partial charge in [0.05, 0.1) is 12.6 Å². The minimum absolute atomic E-state index is 0.0220. The van der Waals surface area contributed by atoms with E-state index in [1.165, 1.54) is 0 Å². The van der Waals surface area contributed by atoms with Crippen molar-refractivity contribution in [3.63, 3.8) is 0 Å². The fraction of sp³-hybridized carbons (Fsp3) is 0.556. The highest BCUT2D eigenvalue weighted by Crippen LogP contribution is 2.08. The van der Waals surface area contributed by atoms with Gasteiger partial charge in [0.2, 0.25) is 5.91 Å². The first kappa shape index (κ1) is 9.75. The Kier molecular flexibility index (Phi) is 3.47. The number of carbonyl (C=O) groups excluding carboxylic acids is 1. The van der Waals surface area contributed by atoms with E-state index >= 15 is 0 Å². The molecule has 4 heteroatoms. The van der Waals surface area contributed by atoms with Crippen LogP contribution in [-0.4, -0.2) is 37.5 Å². The zero-order chi connectivity index (χ0) is 9.68. The lowest BCUT2D eigenvalue weighted by Crippen LogP contribution is -2.37. The fourth-order valence-electron chi connectivity index (χ4n) is 1.24. The first-order chi connectivity index (χ1) is 6.26. The molecule has 0 spiro atoms. The third-order valence-electron chi connectivity index (χ3n) is 2.08. The first-order valence-electron chi connectivity index (χ1n) is 4.28. The third-order valence-corrected chi connectivity index (χ3v) is 2.08. The number of amides is 1. The molecule has 0 saturated heterocycles. The lowest BCUT2D eigenvalue weighted by molar-refractivity contribution is -0.121. The van der Waals surface area contributed by atoms with Crippen LogP contribution < -0.4 is 5.32 Å². The summed E-state index contributed by atoms with van der Waals surface area (Å²) >= 11 is 0. The molecule has 0 unspecified atom stereocenters. The number of rotatable bonds is 2. The number of hydrogen-bond donors (Lipinski definition) is 1. The SMILES string of the molecule is CNC(=O)CN1CC=C(C#N)CC1. The van der Waals surface area contributed by atoms with Gasteiger partial charge in [0.15, 0.2) is 0 Å². The van der Waals surface area contributed by atoms with Crippen molar-refractivity contribution in [2.24, 2.45) is 0 Å². The molecule has 0 saturated carbocycles. The monoisotopic (exact) mass is 179 g/mol. The van der Waals surface area contributed by atoms with Crippen molar-refractivity contribution in [2.75, 3.05) is 26.7 Å². The van der Waals surface area contributed by atoms with E-state index in [2.05, 4.69) is 11.4 Å². The minimum atomic E-state index is 0.0220. The average Bonchev–Trinajstić information content (AvgIpc) is 2.19. The summed E-state index contributed by atoms with van der Waals surface area (Å²) in [6.07, 6.45) is 2.64. The van der Waals surface area contributed by atoms with Crippen LogP contribution in [0, 0.1) is 11.3 Å². The summed E-state index contributed by atoms with van der Waals surface area (Å²) in [7, 11) is 1.63. The summed E-state index contributed by atoms with van der Waals surface area (Å²) in [6, 6.07) is 2.13. The van der Waals surface area contributed by atoms with Crippen LogP contribution in [-0.2, 0) is 4.79 Å². The first-order valence-corrected chi connectivity index (χ1v) is 4.28. The molecule has 0 bridgehead atoms. The second-order valence-corrected chi connectivity index (χ2v) is 3.00. The van der Waals surface area contributed by atoms with E-state index in [4.69, 9.17) is 5.26 Å². The largest absolute Gasteiger partial charge is 0.358 e. The summed E-state index contributed by atoms with van der Waals surface area (Å²) < 4.78 is 0. The predicted molar refractivity (Wildman–Crippen MR) is 48.8 cm³/mol. The van der Waals surface area contributed by atoms with Gasteiger partial charge in [-0.15, -0.1) is 0 Å². The van der Waals surface area contributed by atoms with Crippen molar-refractivity contribution < 1.29 is 4.79 Å². The van der Waals surface area contributed by atoms with Crippen molar-refractivity contribution in [3.8, 4) is 6.07 Å². The summed E-state index contributed by atoms with van der Waals surface area (Å²) in [5, 5.41) is 11.2. The molecular weight excluding hydrogens is 166 g/mol. The molecule has 0 aliphatic carbocycles. The molecule has 1 amide bonds. The van der Waals surface area contributed by atoms with Crippen molar-refractivity contribution in [3.05, 3.63) is 11.6 Å². The molecule has 1 rings (SSSR count). The molecule has 0 aromatic rings. The Morgan fingerprint density at radius 2 is 2.62 bits per heavy atom. The Labute approximate surface area is 77.8 Å². The van der Waals surface area contributed by atoms with E-state index in [0.717, 1.165) is 18.5 Å². The van der Waals surface area contributed by atoms with Crippen LogP contribution in [0.2, 0.25) is 0 Å². The van der Waals surface area contributed by atoms with Gasteiger partial charge in [-0.05, 0) is 6.42 Å². The predicted octanol–water partition coefficient (Wildman–Crippen LogP) is -0.112. The Bertz CT molecular complexity index is 265. The minimum Gasteiger partial charge on any atom is -0.358 e. The fourth-order valence-corrected chi connectivity index (χ4v) is 1.24. The number of nitriles is 1. The van der Waals surface area contributed by atoms with Gasteiger partial charge in [0.1, 0.15) is 0 Å². The Balaban J connectivity index is 2.38. The van der Waals surface area contributed by atoms with Gasteiger partial charge in [-0.3, -0.25) is 9.69 Å². The highest BCUT2D eigenvalue weighted by Gasteiger charge is 2.13. The van der Waals surface area contributed by atoms with Crippen LogP contribution in [0.5, 0.6) is 0 Å². The smallest absolute Gasteiger partial charge is 0.233 e. The van der Waals surface area contributed by atoms with E-state index in [1.54, 1.807) is 7.05 Å². The molecule has 4 nitrogen and oxygen atoms in total. The van der Waals surface area contributed by atoms with Gasteiger partial charge >= 0.3 is 0 Å². The van der Waals surface area contributed by atoms with Crippen molar-refractivity contribution in [1.82, 2.24) is 10.2 Å². The molecule has 1 N–H and O–H groups in total. The van der Waals surface area contributed by atoms with Crippen LogP contribution in [0.25, 0.3) is 0 Å². The normalized spacial score (nSPS) is 17.4. The average molecular weight is 179 g/mol. The van der Waals surface area contributed by atoms with Gasteiger partial charge in [0, 0.05) is 25.7 Å². The van der Waals surface area contributed by atoms with Crippen LogP contribution >= 0.6 is 0 Å². The van der Waals surface area contributed by atoms with Crippen LogP contribution in [0.4, 0.5) is 0 Å². The summed E-state index contributed by atoms with van der Waals surface area (Å²) in [4.78, 5) is 13.0. The molecule has 0 aromatic heterocycles. The van der Waals surface area contributed by atoms with Crippen molar-refractivity contribution >= 4 is 5.91 Å². The maximum absolute atomic E-state index is 11.0. The molecular formula is C9H13N3O. The zero-order valence-electron chi connectivity index (χ0n) is 7.71. The van der Waals surface area contributed by atoms with Crippen LogP contribution in [0.3, 0.4) is 0 Å². The number of hydrogen-bond acceptors (Lipinski definition) is 3. The summed E-state index contributed by atoms with van der Waals surface area (Å²) in [6.45, 7) is 1.93. The Morgan fingerprint density at radius 1 is 1.85 bits per heavy atom. The van der Waals surface area contributed by atoms with E-state index in [1.807, 2.05) is 11.0 Å². The Hall–Kier alpha value is -1.34. The van der Waals surface area contributed by atoms with Gasteiger partial charge in [-0.25, -0.2) is 0 Å². The van der Waals surface area contributed by atoms with Crippen LogP contribution in [0.15, 0.2) is 11.6 Å². The van der Waals surface area contributed by atoms with Gasteiger partial charge in [-0.2, -0.15) is 5.26 Å². The highest BCUT2D eigenvalue weighted by molar-refractivity contribution is 5.77. The molecule has 1 aliphatic heterocycles.